The molecule has 16 heteroatoms. The molecule has 1 unspecified atom stereocenters. The number of aromatic hydroxyl groups is 2. The summed E-state index contributed by atoms with van der Waals surface area (Å²) < 4.78 is 22.2. The average Bonchev–Trinajstić information content (AvgIpc) is 1.19. The molecular weight excluding hydrogens is 1180 g/mol. The van der Waals surface area contributed by atoms with Crippen molar-refractivity contribution in [1.82, 2.24) is 16.0 Å². The number of fused-ring (bicyclic) bond motifs is 15. The van der Waals surface area contributed by atoms with Gasteiger partial charge in [-0.15, -0.1) is 0 Å². The number of aliphatic hydroxyl groups excluding tert-OH is 3. The number of benzene rings is 3. The Morgan fingerprint density at radius 3 is 2.52 bits per heavy atom. The SMILES string of the molecule is C/C=C(\C(=O)O[C@@H]1Cc2c3c(c4oc(CO)cc(=O)c4c2O)[C@H]2C4=CCNC(N)=C4[C@@H]([C@@H]4CCC5=C6C=C[C@@H](C)NC6NC=C5C[C@H]4[C@]1(C)O3)C1(CCCC1)Cc1ccc(O)cc1[C@H]2CO)[C@]1(O)C[C@@H]2C[C@H]1C[C@@H]1C[C@@]3(CC[C@H]4CCCC[C@]4(O)C3)[C@H](O)c3cccc2c31. The van der Waals surface area contributed by atoms with Crippen LogP contribution in [0.4, 0.5) is 0 Å². The van der Waals surface area contributed by atoms with Crippen molar-refractivity contribution in [2.24, 2.45) is 46.2 Å². The first-order valence-electron chi connectivity index (χ1n) is 35.6. The molecule has 94 heavy (non-hydrogen) atoms. The highest BCUT2D eigenvalue weighted by molar-refractivity contribution is 5.93. The topological polar surface area (TPSA) is 269 Å². The van der Waals surface area contributed by atoms with Crippen LogP contribution in [0.15, 0.2) is 121 Å². The van der Waals surface area contributed by atoms with Crippen molar-refractivity contribution in [3.8, 4) is 17.2 Å². The van der Waals surface area contributed by atoms with Gasteiger partial charge in [-0.1, -0.05) is 74.3 Å². The minimum atomic E-state index is -1.63. The minimum Gasteiger partial charge on any atom is -0.508 e. The van der Waals surface area contributed by atoms with Gasteiger partial charge >= 0.3 is 5.97 Å². The Balaban J connectivity index is 0.853. The number of hydrogen-bond donors (Lipinski definition) is 11. The van der Waals surface area contributed by atoms with Gasteiger partial charge in [0.2, 0.25) is 0 Å². The first kappa shape index (κ1) is 61.0. The second-order valence-corrected chi connectivity index (χ2v) is 31.6. The summed E-state index contributed by atoms with van der Waals surface area (Å²) in [5, 5.41) is 98.0. The predicted octanol–water partition coefficient (Wildman–Crippen LogP) is 10.6. The van der Waals surface area contributed by atoms with Crippen molar-refractivity contribution in [2.45, 2.75) is 221 Å². The van der Waals surface area contributed by atoms with E-state index in [9.17, 15) is 40.5 Å². The molecule has 13 aliphatic rings. The normalized spacial score (nSPS) is 38.0. The predicted molar refractivity (Wildman–Crippen MR) is 354 cm³/mol. The van der Waals surface area contributed by atoms with Crippen molar-refractivity contribution >= 4 is 16.9 Å². The number of dihydropyridines is 2. The zero-order chi connectivity index (χ0) is 64.7. The Labute approximate surface area is 549 Å². The number of esters is 1. The monoisotopic (exact) mass is 1280 g/mol. The third kappa shape index (κ3) is 8.82. The van der Waals surface area contributed by atoms with Crippen molar-refractivity contribution < 1.29 is 54.4 Å². The van der Waals surface area contributed by atoms with Crippen LogP contribution in [0.25, 0.3) is 11.0 Å². The summed E-state index contributed by atoms with van der Waals surface area (Å²) in [7, 11) is 0. The van der Waals surface area contributed by atoms with Gasteiger partial charge in [0.05, 0.1) is 29.5 Å². The summed E-state index contributed by atoms with van der Waals surface area (Å²) >= 11 is 0. The minimum absolute atomic E-state index is 0.00754. The zero-order valence-electron chi connectivity index (χ0n) is 54.4. The third-order valence-electron chi connectivity index (χ3n) is 27.2. The summed E-state index contributed by atoms with van der Waals surface area (Å²) in [5.41, 5.74) is 13.2. The van der Waals surface area contributed by atoms with Crippen LogP contribution >= 0.6 is 0 Å². The maximum absolute atomic E-state index is 16.4. The van der Waals surface area contributed by atoms with Gasteiger partial charge in [-0.05, 0) is 226 Å². The Hall–Kier alpha value is -6.66. The largest absolute Gasteiger partial charge is 0.508 e. The van der Waals surface area contributed by atoms with Crippen LogP contribution in [0, 0.1) is 40.4 Å². The fourth-order valence-electron chi connectivity index (χ4n) is 23.2. The van der Waals surface area contributed by atoms with Crippen molar-refractivity contribution in [3.05, 3.63) is 167 Å². The standard InChI is InChI=1S/C78H92N4O12/c1-4-57(78(91)34-41-26-45(78)27-42-33-76(70(88)53-12-9-11-49(41)61(42)53)24-19-44-10-5-6-23-77(44,90)38-76)73(89)93-60-31-55-67(87)64-59(86)30-47(36-83)92-69(64)65-62-52-20-25-80-71(79)63(52)66(75(21-7-8-22-75)32-40-14-15-46(85)29-54(40)56(62)37-84)51-18-17-48-43(28-58(51)74(60,3)94-68(55)65)35-81-72-50(48)16-13-39(2)82-72/h4,9,11-16,20,29-30,35,39,41-42,44-45,51,56,58,60,62,66,70,72,80-85,87-88,90-91H,5-8,10,17-19,21-28,31-34,36-38,79H2,1-3H3/b57-4+/t39-,41+,42-,44-,45+,51-,56-,58-,60-,62+,66-,70-,72?,74+,76-,77+,78+/m1/s1. The molecule has 5 fully saturated rings. The number of carbonyl (C=O) groups excluding carboxylic acids is 1. The van der Waals surface area contributed by atoms with E-state index in [4.69, 9.17) is 19.6 Å². The molecule has 16 nitrogen and oxygen atoms in total. The number of nitrogens with two attached hydrogens (primary N) is 1. The fraction of sp³-hybridized carbons (Fsp3) is 0.564. The summed E-state index contributed by atoms with van der Waals surface area (Å²) in [6, 6.07) is 13.1. The van der Waals surface area contributed by atoms with E-state index in [1.54, 1.807) is 25.1 Å². The molecule has 2 spiro atoms. The molecule has 17 rings (SSSR count). The lowest BCUT2D eigenvalue weighted by Crippen LogP contribution is -2.60. The van der Waals surface area contributed by atoms with Crippen LogP contribution in [0.2, 0.25) is 0 Å². The van der Waals surface area contributed by atoms with Crippen molar-refractivity contribution in [3.63, 3.8) is 0 Å². The molecule has 0 radical (unpaired) electrons. The lowest BCUT2D eigenvalue weighted by Gasteiger charge is -2.56. The number of rotatable bonds is 5. The highest BCUT2D eigenvalue weighted by Gasteiger charge is 2.64. The summed E-state index contributed by atoms with van der Waals surface area (Å²) in [6.07, 6.45) is 22.8. The Morgan fingerprint density at radius 2 is 1.71 bits per heavy atom. The maximum Gasteiger partial charge on any atom is 0.337 e. The molecule has 3 aromatic carbocycles. The Kier molecular flexibility index (Phi) is 14.2. The molecule has 0 saturated heterocycles. The average molecular weight is 1280 g/mol. The van der Waals surface area contributed by atoms with Crippen LogP contribution in [0.1, 0.15) is 211 Å². The van der Waals surface area contributed by atoms with E-state index < -0.39 is 88.0 Å². The Bertz CT molecular complexity index is 4130. The van der Waals surface area contributed by atoms with Crippen molar-refractivity contribution in [2.75, 3.05) is 13.2 Å². The molecule has 5 saturated carbocycles. The molecule has 6 bridgehead atoms. The molecule has 17 atom stereocenters. The van der Waals surface area contributed by atoms with E-state index in [2.05, 4.69) is 66.4 Å². The van der Waals surface area contributed by atoms with Crippen LogP contribution in [-0.4, -0.2) is 90.0 Å². The van der Waals surface area contributed by atoms with Gasteiger partial charge < -0.3 is 66.0 Å². The molecule has 5 aliphatic heterocycles. The quantitative estimate of drug-likeness (QED) is 0.0655. The van der Waals surface area contributed by atoms with Crippen LogP contribution < -0.4 is 31.8 Å². The number of ether oxygens (including phenoxy) is 2. The van der Waals surface area contributed by atoms with Gasteiger partial charge in [-0.3, -0.25) is 10.1 Å². The fourth-order valence-corrected chi connectivity index (χ4v) is 23.2. The lowest BCUT2D eigenvalue weighted by atomic mass is 9.51. The number of phenolic OH excluding ortho intramolecular Hbond substituents is 2. The van der Waals surface area contributed by atoms with E-state index in [-0.39, 0.29) is 99.9 Å². The van der Waals surface area contributed by atoms with E-state index in [1.165, 1.54) is 22.8 Å². The summed E-state index contributed by atoms with van der Waals surface area (Å²) in [6.45, 7) is 5.32. The summed E-state index contributed by atoms with van der Waals surface area (Å²) in [5.74, 6) is -3.34. The van der Waals surface area contributed by atoms with Gasteiger partial charge in [0.1, 0.15) is 64.3 Å². The molecule has 8 aliphatic carbocycles. The van der Waals surface area contributed by atoms with Crippen LogP contribution in [-0.2, 0) is 29.0 Å². The molecular formula is C78H92N4O12. The molecule has 496 valence electrons. The van der Waals surface area contributed by atoms with Crippen LogP contribution in [0.5, 0.6) is 17.2 Å². The van der Waals surface area contributed by atoms with Crippen molar-refractivity contribution in [1.29, 1.82) is 0 Å². The number of hydrogen-bond acceptors (Lipinski definition) is 16. The number of phenols is 2. The van der Waals surface area contributed by atoms with Gasteiger partial charge in [0.15, 0.2) is 5.43 Å². The van der Waals surface area contributed by atoms with Crippen LogP contribution in [0.3, 0.4) is 0 Å². The second kappa shape index (κ2) is 21.9. The maximum atomic E-state index is 16.4. The molecule has 1 aromatic heterocycles. The Morgan fingerprint density at radius 1 is 0.904 bits per heavy atom. The molecule has 6 heterocycles. The number of nitrogens with one attached hydrogen (secondary N) is 3. The van der Waals surface area contributed by atoms with E-state index in [0.29, 0.717) is 69.3 Å². The van der Waals surface area contributed by atoms with E-state index in [0.717, 1.165) is 103 Å². The molecule has 12 N–H and O–H groups in total. The van der Waals surface area contributed by atoms with E-state index in [1.807, 2.05) is 12.1 Å². The summed E-state index contributed by atoms with van der Waals surface area (Å²) in [4.78, 5) is 31.4. The number of aliphatic hydroxyl groups is 5. The molecule has 4 aromatic rings. The highest BCUT2D eigenvalue weighted by Crippen LogP contribution is 2.69. The smallest absolute Gasteiger partial charge is 0.337 e. The van der Waals surface area contributed by atoms with Gasteiger partial charge in [-0.2, -0.15) is 0 Å². The third-order valence-corrected chi connectivity index (χ3v) is 27.2. The number of carbonyl (C=O) groups is 1. The zero-order valence-corrected chi connectivity index (χ0v) is 54.4. The lowest BCUT2D eigenvalue weighted by molar-refractivity contribution is -0.173. The second-order valence-electron chi connectivity index (χ2n) is 31.6. The van der Waals surface area contributed by atoms with Gasteiger partial charge in [-0.25, -0.2) is 4.79 Å². The highest BCUT2D eigenvalue weighted by atomic mass is 16.6. The first-order valence-corrected chi connectivity index (χ1v) is 35.6. The van der Waals surface area contributed by atoms with Gasteiger partial charge in [0, 0.05) is 65.6 Å². The van der Waals surface area contributed by atoms with E-state index >= 15 is 4.79 Å². The van der Waals surface area contributed by atoms with Gasteiger partial charge in [0.25, 0.3) is 0 Å². The number of allylic oxidation sites excluding steroid dienone is 5. The first-order chi connectivity index (χ1) is 45.3. The molecule has 0 amide bonds.